The van der Waals surface area contributed by atoms with E-state index in [1.807, 2.05) is 12.1 Å². The Hall–Kier alpha value is -6.00. The fourth-order valence-corrected chi connectivity index (χ4v) is 7.16. The van der Waals surface area contributed by atoms with Gasteiger partial charge in [-0.05, 0) is 71.8 Å². The van der Waals surface area contributed by atoms with E-state index in [4.69, 9.17) is 4.99 Å². The second kappa shape index (κ2) is 12.0. The summed E-state index contributed by atoms with van der Waals surface area (Å²) in [5.74, 6) is 0.536. The van der Waals surface area contributed by atoms with E-state index >= 15 is 0 Å². The van der Waals surface area contributed by atoms with Crippen LogP contribution in [-0.4, -0.2) is 17.2 Å². The van der Waals surface area contributed by atoms with Crippen LogP contribution in [0.4, 0.5) is 11.4 Å². The van der Waals surface area contributed by atoms with E-state index in [-0.39, 0.29) is 5.41 Å². The highest BCUT2D eigenvalue weighted by Crippen LogP contribution is 2.51. The van der Waals surface area contributed by atoms with E-state index < -0.39 is 0 Å². The van der Waals surface area contributed by atoms with Gasteiger partial charge in [0.15, 0.2) is 0 Å². The lowest BCUT2D eigenvalue weighted by molar-refractivity contribution is 0.633. The summed E-state index contributed by atoms with van der Waals surface area (Å²) in [5, 5.41) is 2.38. The highest BCUT2D eigenvalue weighted by atomic mass is 15.3. The van der Waals surface area contributed by atoms with Gasteiger partial charge >= 0.3 is 0 Å². The van der Waals surface area contributed by atoms with Crippen molar-refractivity contribution in [3.05, 3.63) is 180 Å². The Bertz CT molecular complexity index is 2350. The molecule has 0 fully saturated rings. The standard InChI is InChI=1S/C44H36N4/c1-44(2)36-24-14-16-26-40(36)48(43(45-3)46-38(32-19-9-5-10-20-32)28-27-31-17-7-4-8-18-31)42-29-35-34-23-13-15-25-39(34)47(41(35)30-37(42)44)33-21-11-6-12-22-33/h4-26,28-30H,3,27H2,1-2H3/b38-28-,46-43?. The summed E-state index contributed by atoms with van der Waals surface area (Å²) in [6.45, 7) is 8.72. The van der Waals surface area contributed by atoms with Gasteiger partial charge in [-0.15, -0.1) is 0 Å². The Balaban J connectivity index is 1.39. The number of hydrogen-bond donors (Lipinski definition) is 0. The lowest BCUT2D eigenvalue weighted by Gasteiger charge is -2.41. The Morgan fingerprint density at radius 2 is 1.29 bits per heavy atom. The summed E-state index contributed by atoms with van der Waals surface area (Å²) in [7, 11) is 0. The molecular weight excluding hydrogens is 585 g/mol. The van der Waals surface area contributed by atoms with Gasteiger partial charge in [-0.2, -0.15) is 0 Å². The number of nitrogens with zero attached hydrogens (tertiary/aromatic N) is 4. The molecule has 0 bridgehead atoms. The molecule has 0 amide bonds. The summed E-state index contributed by atoms with van der Waals surface area (Å²) >= 11 is 0. The number of guanidine groups is 1. The van der Waals surface area contributed by atoms with Crippen molar-refractivity contribution in [3.8, 4) is 5.69 Å². The largest absolute Gasteiger partial charge is 0.309 e. The Morgan fingerprint density at radius 1 is 0.646 bits per heavy atom. The molecule has 48 heavy (non-hydrogen) atoms. The maximum Gasteiger partial charge on any atom is 0.234 e. The van der Waals surface area contributed by atoms with E-state index in [1.54, 1.807) is 0 Å². The van der Waals surface area contributed by atoms with Crippen molar-refractivity contribution in [3.63, 3.8) is 0 Å². The SMILES string of the molecule is C=NC(=N/C(=C\Cc1ccccc1)c1ccccc1)N1c2ccccc2C(C)(C)c2cc3c(cc21)c1ccccc1n3-c1ccccc1. The molecule has 4 heteroatoms. The Morgan fingerprint density at radius 3 is 2.04 bits per heavy atom. The average Bonchev–Trinajstić information content (AvgIpc) is 3.46. The molecular formula is C44H36N4. The molecule has 1 aliphatic heterocycles. The van der Waals surface area contributed by atoms with E-state index in [2.05, 4.69) is 181 Å². The predicted molar refractivity (Wildman–Crippen MR) is 203 cm³/mol. The number of benzene rings is 6. The minimum Gasteiger partial charge on any atom is -0.309 e. The molecule has 1 aromatic heterocycles. The lowest BCUT2D eigenvalue weighted by atomic mass is 9.73. The van der Waals surface area contributed by atoms with Gasteiger partial charge in [-0.1, -0.05) is 135 Å². The van der Waals surface area contributed by atoms with Crippen molar-refractivity contribution >= 4 is 51.6 Å². The first-order chi connectivity index (χ1) is 23.5. The second-order valence-electron chi connectivity index (χ2n) is 12.8. The molecule has 0 aliphatic carbocycles. The smallest absolute Gasteiger partial charge is 0.234 e. The van der Waals surface area contributed by atoms with Crippen LogP contribution in [0.15, 0.2) is 168 Å². The number of para-hydroxylation sites is 3. The Labute approximate surface area is 281 Å². The van der Waals surface area contributed by atoms with Crippen LogP contribution in [-0.2, 0) is 11.8 Å². The second-order valence-corrected chi connectivity index (χ2v) is 12.8. The maximum atomic E-state index is 5.31. The maximum absolute atomic E-state index is 5.31. The van der Waals surface area contributed by atoms with Crippen molar-refractivity contribution in [2.45, 2.75) is 25.7 Å². The third-order valence-electron chi connectivity index (χ3n) is 9.54. The fourth-order valence-electron chi connectivity index (χ4n) is 7.16. The number of anilines is 2. The van der Waals surface area contributed by atoms with Crippen LogP contribution in [0.25, 0.3) is 33.2 Å². The molecule has 8 rings (SSSR count). The third kappa shape index (κ3) is 4.94. The van der Waals surface area contributed by atoms with Gasteiger partial charge in [0.1, 0.15) is 0 Å². The number of rotatable bonds is 5. The van der Waals surface area contributed by atoms with E-state index in [9.17, 15) is 0 Å². The molecule has 2 heterocycles. The first kappa shape index (κ1) is 29.4. The van der Waals surface area contributed by atoms with Gasteiger partial charge in [0.25, 0.3) is 0 Å². The van der Waals surface area contributed by atoms with Crippen molar-refractivity contribution in [1.82, 2.24) is 4.57 Å². The average molecular weight is 621 g/mol. The molecule has 0 spiro atoms. The van der Waals surface area contributed by atoms with Crippen LogP contribution < -0.4 is 4.90 Å². The molecule has 0 saturated heterocycles. The van der Waals surface area contributed by atoms with Crippen LogP contribution >= 0.6 is 0 Å². The molecule has 0 saturated carbocycles. The van der Waals surface area contributed by atoms with Crippen molar-refractivity contribution in [2.24, 2.45) is 9.98 Å². The summed E-state index contributed by atoms with van der Waals surface area (Å²) in [6.07, 6.45) is 2.94. The van der Waals surface area contributed by atoms with Gasteiger partial charge in [0.2, 0.25) is 5.96 Å². The molecule has 7 aromatic rings. The van der Waals surface area contributed by atoms with Crippen LogP contribution in [0.1, 0.15) is 36.1 Å². The third-order valence-corrected chi connectivity index (χ3v) is 9.54. The molecule has 0 unspecified atom stereocenters. The van der Waals surface area contributed by atoms with Crippen molar-refractivity contribution in [1.29, 1.82) is 0 Å². The lowest BCUT2D eigenvalue weighted by Crippen LogP contribution is -2.36. The summed E-state index contributed by atoms with van der Waals surface area (Å²) < 4.78 is 2.38. The van der Waals surface area contributed by atoms with Gasteiger partial charge in [-0.3, -0.25) is 4.90 Å². The monoisotopic (exact) mass is 620 g/mol. The number of hydrogen-bond acceptors (Lipinski definition) is 1. The molecule has 4 nitrogen and oxygen atoms in total. The van der Waals surface area contributed by atoms with Gasteiger partial charge in [0, 0.05) is 21.9 Å². The number of allylic oxidation sites excluding steroid dienone is 1. The van der Waals surface area contributed by atoms with Crippen molar-refractivity contribution in [2.75, 3.05) is 4.90 Å². The summed E-state index contributed by atoms with van der Waals surface area (Å²) in [6, 6.07) is 53.4. The normalized spacial score (nSPS) is 14.2. The number of aromatic nitrogens is 1. The van der Waals surface area contributed by atoms with E-state index in [0.29, 0.717) is 5.96 Å². The molecule has 0 radical (unpaired) electrons. The molecule has 0 N–H and O–H groups in total. The van der Waals surface area contributed by atoms with Gasteiger partial charge in [-0.25, -0.2) is 9.98 Å². The highest BCUT2D eigenvalue weighted by molar-refractivity contribution is 6.15. The first-order valence-corrected chi connectivity index (χ1v) is 16.4. The number of aliphatic imine (C=N–C) groups is 2. The van der Waals surface area contributed by atoms with E-state index in [0.717, 1.165) is 34.7 Å². The zero-order chi connectivity index (χ0) is 32.7. The predicted octanol–water partition coefficient (Wildman–Crippen LogP) is 10.9. The van der Waals surface area contributed by atoms with Crippen LogP contribution in [0, 0.1) is 0 Å². The van der Waals surface area contributed by atoms with E-state index in [1.165, 1.54) is 38.5 Å². The van der Waals surface area contributed by atoms with Crippen LogP contribution in [0.3, 0.4) is 0 Å². The minimum atomic E-state index is -0.285. The fraction of sp³-hybridized carbons (Fsp3) is 0.0909. The van der Waals surface area contributed by atoms with Gasteiger partial charge in [0.05, 0.1) is 28.1 Å². The highest BCUT2D eigenvalue weighted by Gasteiger charge is 2.38. The topological polar surface area (TPSA) is 32.9 Å². The zero-order valence-electron chi connectivity index (χ0n) is 27.2. The molecule has 232 valence electrons. The van der Waals surface area contributed by atoms with Gasteiger partial charge < -0.3 is 4.57 Å². The molecule has 6 aromatic carbocycles. The zero-order valence-corrected chi connectivity index (χ0v) is 27.2. The summed E-state index contributed by atoms with van der Waals surface area (Å²) in [5.41, 5.74) is 10.8. The van der Waals surface area contributed by atoms with Crippen molar-refractivity contribution < 1.29 is 0 Å². The number of fused-ring (bicyclic) bond motifs is 5. The quantitative estimate of drug-likeness (QED) is 0.139. The van der Waals surface area contributed by atoms with Crippen LogP contribution in [0.5, 0.6) is 0 Å². The first-order valence-electron chi connectivity index (χ1n) is 16.4. The Kier molecular flexibility index (Phi) is 7.34. The summed E-state index contributed by atoms with van der Waals surface area (Å²) in [4.78, 5) is 12.2. The van der Waals surface area contributed by atoms with Crippen LogP contribution in [0.2, 0.25) is 0 Å². The molecule has 0 atom stereocenters. The molecule has 1 aliphatic rings. The minimum absolute atomic E-state index is 0.285.